The first-order valence-electron chi connectivity index (χ1n) is 12.4. The third-order valence-electron chi connectivity index (χ3n) is 6.28. The maximum Gasteiger partial charge on any atom is 0.224 e. The molecule has 36 heavy (non-hydrogen) atoms. The van der Waals surface area contributed by atoms with Gasteiger partial charge in [-0.2, -0.15) is 0 Å². The van der Waals surface area contributed by atoms with Crippen LogP contribution in [0.1, 0.15) is 50.7 Å². The molecular weight excluding hydrogens is 450 g/mol. The Labute approximate surface area is 213 Å². The molecule has 0 saturated heterocycles. The Morgan fingerprint density at radius 1 is 0.972 bits per heavy atom. The molecule has 0 aliphatic carbocycles. The van der Waals surface area contributed by atoms with Crippen molar-refractivity contribution in [2.75, 3.05) is 13.7 Å². The van der Waals surface area contributed by atoms with Gasteiger partial charge in [-0.05, 0) is 59.9 Å². The fourth-order valence-electron chi connectivity index (χ4n) is 4.25. The Balaban J connectivity index is 1.44. The van der Waals surface area contributed by atoms with Crippen molar-refractivity contribution in [2.45, 2.75) is 52.1 Å². The normalized spacial score (nSPS) is 12.4. The monoisotopic (exact) mass is 485 g/mol. The molecule has 0 aliphatic heterocycles. The molecule has 188 valence electrons. The lowest BCUT2D eigenvalue weighted by Crippen LogP contribution is -2.30. The van der Waals surface area contributed by atoms with E-state index in [1.807, 2.05) is 61.5 Å². The first kappa shape index (κ1) is 25.3. The van der Waals surface area contributed by atoms with Crippen LogP contribution in [-0.4, -0.2) is 29.2 Å². The number of nitrogens with one attached hydrogen (secondary N) is 1. The van der Waals surface area contributed by atoms with Gasteiger partial charge in [-0.1, -0.05) is 57.2 Å². The molecular formula is C30H35N3O3. The first-order chi connectivity index (χ1) is 17.2. The summed E-state index contributed by atoms with van der Waals surface area (Å²) in [7, 11) is 1.63. The molecule has 4 rings (SSSR count). The van der Waals surface area contributed by atoms with Gasteiger partial charge in [0, 0.05) is 0 Å². The molecule has 0 radical (unpaired) electrons. The first-order valence-corrected chi connectivity index (χ1v) is 12.4. The van der Waals surface area contributed by atoms with E-state index in [1.54, 1.807) is 7.11 Å². The highest BCUT2D eigenvalue weighted by Crippen LogP contribution is 2.25. The molecule has 1 N–H and O–H groups in total. The summed E-state index contributed by atoms with van der Waals surface area (Å²) >= 11 is 0. The molecule has 6 nitrogen and oxygen atoms in total. The molecule has 0 bridgehead atoms. The highest BCUT2D eigenvalue weighted by molar-refractivity contribution is 5.79. The van der Waals surface area contributed by atoms with E-state index >= 15 is 0 Å². The predicted molar refractivity (Wildman–Crippen MR) is 144 cm³/mol. The lowest BCUT2D eigenvalue weighted by Gasteiger charge is -2.19. The summed E-state index contributed by atoms with van der Waals surface area (Å²) in [4.78, 5) is 17.6. The summed E-state index contributed by atoms with van der Waals surface area (Å²) in [6.45, 7) is 9.68. The van der Waals surface area contributed by atoms with Crippen LogP contribution < -0.4 is 14.8 Å². The molecule has 4 aromatic rings. The molecule has 1 unspecified atom stereocenters. The Hall–Kier alpha value is -3.80. The maximum absolute atomic E-state index is 12.8. The highest BCUT2D eigenvalue weighted by atomic mass is 16.5. The van der Waals surface area contributed by atoms with Crippen molar-refractivity contribution in [3.63, 3.8) is 0 Å². The zero-order valence-corrected chi connectivity index (χ0v) is 21.7. The van der Waals surface area contributed by atoms with Crippen molar-refractivity contribution in [2.24, 2.45) is 0 Å². The lowest BCUT2D eigenvalue weighted by molar-refractivity contribution is -0.121. The van der Waals surface area contributed by atoms with E-state index in [0.717, 1.165) is 33.9 Å². The standard InChI is InChI=1S/C30H35N3O3/c1-21(31-28(34)20-22-10-14-24(35-5)15-11-22)29-32-26-8-6-7-9-27(26)33(29)18-19-36-25-16-12-23(13-17-25)30(2,3)4/h6-17,21H,18-20H2,1-5H3,(H,31,34). The number of benzene rings is 3. The van der Waals surface area contributed by atoms with Gasteiger partial charge in [0.15, 0.2) is 0 Å². The molecule has 1 aromatic heterocycles. The van der Waals surface area contributed by atoms with Gasteiger partial charge < -0.3 is 19.4 Å². The van der Waals surface area contributed by atoms with E-state index in [-0.39, 0.29) is 17.4 Å². The van der Waals surface area contributed by atoms with Gasteiger partial charge in [0.1, 0.15) is 23.9 Å². The molecule has 1 heterocycles. The number of imidazole rings is 1. The Bertz CT molecular complexity index is 1300. The fraction of sp³-hybridized carbons (Fsp3) is 0.333. The van der Waals surface area contributed by atoms with Gasteiger partial charge in [-0.3, -0.25) is 4.79 Å². The largest absolute Gasteiger partial charge is 0.497 e. The number of rotatable bonds is 9. The molecule has 1 atom stereocenters. The minimum Gasteiger partial charge on any atom is -0.497 e. The van der Waals surface area contributed by atoms with Crippen LogP contribution in [0, 0.1) is 0 Å². The van der Waals surface area contributed by atoms with E-state index in [0.29, 0.717) is 19.6 Å². The average molecular weight is 486 g/mol. The number of amides is 1. The number of fused-ring (bicyclic) bond motifs is 1. The van der Waals surface area contributed by atoms with Crippen LogP contribution >= 0.6 is 0 Å². The van der Waals surface area contributed by atoms with E-state index in [2.05, 4.69) is 48.9 Å². The van der Waals surface area contributed by atoms with Gasteiger partial charge in [0.05, 0.1) is 37.2 Å². The molecule has 3 aromatic carbocycles. The van der Waals surface area contributed by atoms with Gasteiger partial charge in [-0.25, -0.2) is 4.98 Å². The number of hydrogen-bond acceptors (Lipinski definition) is 4. The molecule has 1 amide bonds. The smallest absolute Gasteiger partial charge is 0.224 e. The summed E-state index contributed by atoms with van der Waals surface area (Å²) in [6, 6.07) is 23.6. The van der Waals surface area contributed by atoms with Crippen LogP contribution in [0.3, 0.4) is 0 Å². The fourth-order valence-corrected chi connectivity index (χ4v) is 4.25. The van der Waals surface area contributed by atoms with Crippen molar-refractivity contribution in [3.05, 3.63) is 89.7 Å². The Kier molecular flexibility index (Phi) is 7.63. The number of methoxy groups -OCH3 is 1. The topological polar surface area (TPSA) is 65.4 Å². The third kappa shape index (κ3) is 6.06. The average Bonchev–Trinajstić information content (AvgIpc) is 3.23. The van der Waals surface area contributed by atoms with E-state index in [9.17, 15) is 4.79 Å². The summed E-state index contributed by atoms with van der Waals surface area (Å²) in [5, 5.41) is 3.11. The lowest BCUT2D eigenvalue weighted by atomic mass is 9.87. The second kappa shape index (κ2) is 10.9. The van der Waals surface area contributed by atoms with E-state index in [4.69, 9.17) is 14.5 Å². The van der Waals surface area contributed by atoms with Crippen molar-refractivity contribution in [3.8, 4) is 11.5 Å². The number of carbonyl (C=O) groups is 1. The number of nitrogens with zero attached hydrogens (tertiary/aromatic N) is 2. The van der Waals surface area contributed by atoms with E-state index < -0.39 is 0 Å². The third-order valence-corrected chi connectivity index (χ3v) is 6.28. The zero-order valence-electron chi connectivity index (χ0n) is 21.7. The van der Waals surface area contributed by atoms with Crippen molar-refractivity contribution in [1.29, 1.82) is 0 Å². The maximum atomic E-state index is 12.8. The van der Waals surface area contributed by atoms with Crippen molar-refractivity contribution >= 4 is 16.9 Å². The highest BCUT2D eigenvalue weighted by Gasteiger charge is 2.19. The summed E-state index contributed by atoms with van der Waals surface area (Å²) in [5.41, 5.74) is 4.24. The number of ether oxygens (including phenoxy) is 2. The predicted octanol–water partition coefficient (Wildman–Crippen LogP) is 5.84. The van der Waals surface area contributed by atoms with Crippen molar-refractivity contribution < 1.29 is 14.3 Å². The Morgan fingerprint density at radius 3 is 2.31 bits per heavy atom. The number of hydrogen-bond donors (Lipinski definition) is 1. The van der Waals surface area contributed by atoms with Gasteiger partial charge in [0.25, 0.3) is 0 Å². The molecule has 6 heteroatoms. The zero-order chi connectivity index (χ0) is 25.7. The number of aromatic nitrogens is 2. The summed E-state index contributed by atoms with van der Waals surface area (Å²) < 4.78 is 13.4. The molecule has 0 spiro atoms. The van der Waals surface area contributed by atoms with Crippen LogP contribution in [0.15, 0.2) is 72.8 Å². The van der Waals surface area contributed by atoms with Gasteiger partial charge in [-0.15, -0.1) is 0 Å². The second-order valence-corrected chi connectivity index (χ2v) is 10.0. The molecule has 0 fully saturated rings. The van der Waals surface area contributed by atoms with Crippen molar-refractivity contribution in [1.82, 2.24) is 14.9 Å². The minimum absolute atomic E-state index is 0.0542. The van der Waals surface area contributed by atoms with Gasteiger partial charge in [0.2, 0.25) is 5.91 Å². The Morgan fingerprint density at radius 2 is 1.64 bits per heavy atom. The summed E-state index contributed by atoms with van der Waals surface area (Å²) in [6.07, 6.45) is 0.294. The van der Waals surface area contributed by atoms with Crippen LogP contribution in [-0.2, 0) is 23.2 Å². The minimum atomic E-state index is -0.255. The second-order valence-electron chi connectivity index (χ2n) is 10.0. The molecule has 0 saturated carbocycles. The van der Waals surface area contributed by atoms with E-state index in [1.165, 1.54) is 5.56 Å². The van der Waals surface area contributed by atoms with Crippen LogP contribution in [0.5, 0.6) is 11.5 Å². The SMILES string of the molecule is COc1ccc(CC(=O)NC(C)c2nc3ccccc3n2CCOc2ccc(C(C)(C)C)cc2)cc1. The summed E-state index contributed by atoms with van der Waals surface area (Å²) in [5.74, 6) is 2.37. The van der Waals surface area contributed by atoms with Crippen LogP contribution in [0.2, 0.25) is 0 Å². The number of para-hydroxylation sites is 2. The molecule has 0 aliphatic rings. The van der Waals surface area contributed by atoms with Crippen LogP contribution in [0.4, 0.5) is 0 Å². The quantitative estimate of drug-likeness (QED) is 0.323. The van der Waals surface area contributed by atoms with Crippen LogP contribution in [0.25, 0.3) is 11.0 Å². The van der Waals surface area contributed by atoms with Gasteiger partial charge >= 0.3 is 0 Å². The number of carbonyl (C=O) groups excluding carboxylic acids is 1.